The maximum Gasteiger partial charge on any atom is 0.0780 e. The van der Waals surface area contributed by atoms with Gasteiger partial charge in [0.15, 0.2) is 0 Å². The summed E-state index contributed by atoms with van der Waals surface area (Å²) in [6.45, 7) is 11.2. The summed E-state index contributed by atoms with van der Waals surface area (Å²) in [7, 11) is 6.73. The van der Waals surface area contributed by atoms with Gasteiger partial charge in [0, 0.05) is 19.8 Å². The molecule has 0 unspecified atom stereocenters. The molecule has 0 spiro atoms. The second-order valence-electron chi connectivity index (χ2n) is 7.65. The predicted molar refractivity (Wildman–Crippen MR) is 82.5 cm³/mol. The molecule has 3 nitrogen and oxygen atoms in total. The van der Waals surface area contributed by atoms with E-state index in [0.717, 1.165) is 37.3 Å². The van der Waals surface area contributed by atoms with Crippen molar-refractivity contribution in [3.05, 3.63) is 0 Å². The summed E-state index contributed by atoms with van der Waals surface area (Å²) in [6.07, 6.45) is 4.76. The van der Waals surface area contributed by atoms with E-state index in [1.54, 1.807) is 0 Å². The van der Waals surface area contributed by atoms with Crippen molar-refractivity contribution in [2.75, 3.05) is 54.1 Å². The number of quaternary nitrogens is 1. The highest BCUT2D eigenvalue weighted by Crippen LogP contribution is 2.12. The molecule has 116 valence electrons. The number of ether oxygens (including phenoxy) is 2. The van der Waals surface area contributed by atoms with Crippen LogP contribution in [0.3, 0.4) is 0 Å². The lowest BCUT2D eigenvalue weighted by Gasteiger charge is -2.23. The van der Waals surface area contributed by atoms with Crippen LogP contribution in [0.25, 0.3) is 0 Å². The van der Waals surface area contributed by atoms with Gasteiger partial charge in [0.1, 0.15) is 0 Å². The van der Waals surface area contributed by atoms with Gasteiger partial charge in [0.25, 0.3) is 0 Å². The molecule has 0 heterocycles. The quantitative estimate of drug-likeness (QED) is 0.425. The number of hydrogen-bond donors (Lipinski definition) is 0. The summed E-state index contributed by atoms with van der Waals surface area (Å²) in [6, 6.07) is 0. The average Bonchev–Trinajstić information content (AvgIpc) is 2.22. The van der Waals surface area contributed by atoms with Crippen LogP contribution in [0, 0.1) is 5.41 Å². The normalized spacial score (nSPS) is 12.9. The van der Waals surface area contributed by atoms with E-state index in [1.165, 1.54) is 25.8 Å². The van der Waals surface area contributed by atoms with E-state index in [1.807, 2.05) is 0 Å². The molecule has 0 aliphatic rings. The monoisotopic (exact) mass is 274 g/mol. The zero-order valence-electron chi connectivity index (χ0n) is 14.1. The maximum atomic E-state index is 5.61. The van der Waals surface area contributed by atoms with E-state index in [4.69, 9.17) is 9.47 Å². The van der Waals surface area contributed by atoms with E-state index in [2.05, 4.69) is 41.9 Å². The fourth-order valence-corrected chi connectivity index (χ4v) is 1.71. The number of rotatable bonds is 11. The molecule has 0 radical (unpaired) electrons. The summed E-state index contributed by atoms with van der Waals surface area (Å²) in [4.78, 5) is 0. The van der Waals surface area contributed by atoms with Crippen molar-refractivity contribution in [1.82, 2.24) is 0 Å². The second kappa shape index (κ2) is 9.73. The summed E-state index contributed by atoms with van der Waals surface area (Å²) in [5, 5.41) is 0. The summed E-state index contributed by atoms with van der Waals surface area (Å²) in [5.41, 5.74) is 0.270. The first-order valence-corrected chi connectivity index (χ1v) is 7.67. The summed E-state index contributed by atoms with van der Waals surface area (Å²) < 4.78 is 12.3. The number of unbranched alkanes of at least 4 members (excludes halogenated alkanes) is 2. The van der Waals surface area contributed by atoms with Crippen molar-refractivity contribution in [2.24, 2.45) is 5.41 Å². The van der Waals surface area contributed by atoms with Gasteiger partial charge in [-0.3, -0.25) is 0 Å². The standard InChI is InChI=1S/C16H36NO2/c1-16(2,3)15-19-14-10-13-18-12-9-7-8-11-17(4,5)6/h7-15H2,1-6H3/q+1. The summed E-state index contributed by atoms with van der Waals surface area (Å²) >= 11 is 0. The zero-order chi connectivity index (χ0) is 14.8. The van der Waals surface area contributed by atoms with Gasteiger partial charge in [-0.05, 0) is 31.1 Å². The molecular weight excluding hydrogens is 238 g/mol. The molecule has 0 fully saturated rings. The van der Waals surface area contributed by atoms with Crippen LogP contribution in [0.2, 0.25) is 0 Å². The Morgan fingerprint density at radius 1 is 0.737 bits per heavy atom. The van der Waals surface area contributed by atoms with E-state index in [9.17, 15) is 0 Å². The van der Waals surface area contributed by atoms with Gasteiger partial charge in [0.05, 0.1) is 34.3 Å². The topological polar surface area (TPSA) is 18.5 Å². The van der Waals surface area contributed by atoms with Crippen molar-refractivity contribution in [1.29, 1.82) is 0 Å². The minimum atomic E-state index is 0.270. The number of hydrogen-bond acceptors (Lipinski definition) is 2. The Morgan fingerprint density at radius 2 is 1.32 bits per heavy atom. The Kier molecular flexibility index (Phi) is 9.67. The minimum absolute atomic E-state index is 0.270. The summed E-state index contributed by atoms with van der Waals surface area (Å²) in [5.74, 6) is 0. The molecule has 0 aromatic carbocycles. The molecule has 3 heteroatoms. The molecule has 0 amide bonds. The predicted octanol–water partition coefficient (Wildman–Crippen LogP) is 3.33. The molecule has 0 saturated carbocycles. The highest BCUT2D eigenvalue weighted by molar-refractivity contribution is 4.58. The van der Waals surface area contributed by atoms with Gasteiger partial charge in [-0.25, -0.2) is 0 Å². The molecule has 0 bridgehead atoms. The van der Waals surface area contributed by atoms with Gasteiger partial charge < -0.3 is 14.0 Å². The van der Waals surface area contributed by atoms with Gasteiger partial charge in [0.2, 0.25) is 0 Å². The number of nitrogens with zero attached hydrogens (tertiary/aromatic N) is 1. The van der Waals surface area contributed by atoms with Crippen LogP contribution in [0.15, 0.2) is 0 Å². The molecular formula is C16H36NO2+. The van der Waals surface area contributed by atoms with Crippen molar-refractivity contribution in [2.45, 2.75) is 46.5 Å². The van der Waals surface area contributed by atoms with Gasteiger partial charge in [-0.15, -0.1) is 0 Å². The highest BCUT2D eigenvalue weighted by Gasteiger charge is 2.09. The molecule has 0 N–H and O–H groups in total. The van der Waals surface area contributed by atoms with Crippen molar-refractivity contribution < 1.29 is 14.0 Å². The van der Waals surface area contributed by atoms with Gasteiger partial charge in [-0.1, -0.05) is 20.8 Å². The van der Waals surface area contributed by atoms with E-state index < -0.39 is 0 Å². The molecule has 0 aromatic rings. The SMILES string of the molecule is CC(C)(C)COCCCOCCCCC[N+](C)(C)C. The van der Waals surface area contributed by atoms with Crippen LogP contribution in [-0.2, 0) is 9.47 Å². The van der Waals surface area contributed by atoms with Crippen molar-refractivity contribution >= 4 is 0 Å². The van der Waals surface area contributed by atoms with E-state index >= 15 is 0 Å². The lowest BCUT2D eigenvalue weighted by atomic mass is 9.99. The fraction of sp³-hybridized carbons (Fsp3) is 1.00. The van der Waals surface area contributed by atoms with E-state index in [0.29, 0.717) is 0 Å². The van der Waals surface area contributed by atoms with Crippen LogP contribution in [0.1, 0.15) is 46.5 Å². The lowest BCUT2D eigenvalue weighted by Crippen LogP contribution is -2.35. The molecule has 0 aliphatic heterocycles. The third-order valence-electron chi connectivity index (χ3n) is 2.73. The molecule has 0 aliphatic carbocycles. The molecule has 0 rings (SSSR count). The van der Waals surface area contributed by atoms with Crippen molar-refractivity contribution in [3.63, 3.8) is 0 Å². The fourth-order valence-electron chi connectivity index (χ4n) is 1.71. The second-order valence-corrected chi connectivity index (χ2v) is 7.65. The average molecular weight is 274 g/mol. The van der Waals surface area contributed by atoms with Gasteiger partial charge in [-0.2, -0.15) is 0 Å². The lowest BCUT2D eigenvalue weighted by molar-refractivity contribution is -0.870. The molecule has 0 atom stereocenters. The van der Waals surface area contributed by atoms with Crippen LogP contribution in [0.5, 0.6) is 0 Å². The Hall–Kier alpha value is -0.120. The largest absolute Gasteiger partial charge is 0.381 e. The minimum Gasteiger partial charge on any atom is -0.381 e. The van der Waals surface area contributed by atoms with Crippen molar-refractivity contribution in [3.8, 4) is 0 Å². The Bertz CT molecular complexity index is 182. The third kappa shape index (κ3) is 17.9. The molecule has 19 heavy (non-hydrogen) atoms. The Labute approximate surface area is 120 Å². The molecule has 0 aromatic heterocycles. The Morgan fingerprint density at radius 3 is 1.89 bits per heavy atom. The zero-order valence-corrected chi connectivity index (χ0v) is 14.1. The van der Waals surface area contributed by atoms with Crippen LogP contribution >= 0.6 is 0 Å². The Balaban J connectivity index is 3.12. The third-order valence-corrected chi connectivity index (χ3v) is 2.73. The first-order chi connectivity index (χ1) is 8.71. The van der Waals surface area contributed by atoms with Crippen LogP contribution in [0.4, 0.5) is 0 Å². The highest BCUT2D eigenvalue weighted by atomic mass is 16.5. The van der Waals surface area contributed by atoms with E-state index in [-0.39, 0.29) is 5.41 Å². The smallest absolute Gasteiger partial charge is 0.0780 e. The first kappa shape index (κ1) is 18.9. The molecule has 0 saturated heterocycles. The van der Waals surface area contributed by atoms with Gasteiger partial charge >= 0.3 is 0 Å². The maximum absolute atomic E-state index is 5.61. The van der Waals surface area contributed by atoms with Crippen LogP contribution in [-0.4, -0.2) is 58.6 Å². The first-order valence-electron chi connectivity index (χ1n) is 7.67. The van der Waals surface area contributed by atoms with Crippen LogP contribution < -0.4 is 0 Å².